The Morgan fingerprint density at radius 1 is 1.10 bits per heavy atom. The maximum absolute atomic E-state index is 14.0. The van der Waals surface area contributed by atoms with E-state index in [1.807, 2.05) is 37.3 Å². The Labute approximate surface area is 124 Å². The highest BCUT2D eigenvalue weighted by Crippen LogP contribution is 2.23. The summed E-state index contributed by atoms with van der Waals surface area (Å²) in [4.78, 5) is 0. The molecule has 1 N–H and O–H groups in total. The number of methoxy groups -OCH3 is 1. The molecule has 0 bridgehead atoms. The molecule has 0 saturated carbocycles. The zero-order valence-electron chi connectivity index (χ0n) is 12.4. The third-order valence-electron chi connectivity index (χ3n) is 3.15. The van der Waals surface area contributed by atoms with Gasteiger partial charge in [0, 0.05) is 12.1 Å². The van der Waals surface area contributed by atoms with Crippen LogP contribution < -0.4 is 14.8 Å². The SMILES string of the molecule is CCNCc1ccc(OCc2ccccc2OC)c(F)c1. The van der Waals surface area contributed by atoms with Gasteiger partial charge in [-0.15, -0.1) is 0 Å². The molecule has 0 radical (unpaired) electrons. The van der Waals surface area contributed by atoms with Crippen LogP contribution in [0.25, 0.3) is 0 Å². The maximum Gasteiger partial charge on any atom is 0.165 e. The second-order valence-electron chi connectivity index (χ2n) is 4.65. The zero-order valence-corrected chi connectivity index (χ0v) is 12.4. The third-order valence-corrected chi connectivity index (χ3v) is 3.15. The van der Waals surface area contributed by atoms with Gasteiger partial charge in [-0.3, -0.25) is 0 Å². The standard InChI is InChI=1S/C17H20FNO2/c1-3-19-11-13-8-9-17(15(18)10-13)21-12-14-6-4-5-7-16(14)20-2/h4-10,19H,3,11-12H2,1-2H3. The molecule has 0 aliphatic rings. The number of halogens is 1. The minimum atomic E-state index is -0.347. The quantitative estimate of drug-likeness (QED) is 0.846. The summed E-state index contributed by atoms with van der Waals surface area (Å²) in [5.41, 5.74) is 1.79. The van der Waals surface area contributed by atoms with E-state index in [0.717, 1.165) is 23.4 Å². The topological polar surface area (TPSA) is 30.5 Å². The average Bonchev–Trinajstić information content (AvgIpc) is 2.52. The van der Waals surface area contributed by atoms with Crippen LogP contribution in [0.3, 0.4) is 0 Å². The minimum Gasteiger partial charge on any atom is -0.496 e. The molecule has 0 unspecified atom stereocenters. The second kappa shape index (κ2) is 7.64. The molecule has 2 aromatic carbocycles. The van der Waals surface area contributed by atoms with Crippen molar-refractivity contribution in [2.24, 2.45) is 0 Å². The lowest BCUT2D eigenvalue weighted by atomic mass is 10.2. The molecule has 0 aliphatic heterocycles. The molecule has 0 amide bonds. The van der Waals surface area contributed by atoms with Crippen molar-refractivity contribution >= 4 is 0 Å². The van der Waals surface area contributed by atoms with Crippen LogP contribution in [0.5, 0.6) is 11.5 Å². The summed E-state index contributed by atoms with van der Waals surface area (Å²) in [6, 6.07) is 12.6. The predicted octanol–water partition coefficient (Wildman–Crippen LogP) is 3.52. The molecule has 0 atom stereocenters. The largest absolute Gasteiger partial charge is 0.496 e. The van der Waals surface area contributed by atoms with E-state index >= 15 is 0 Å². The number of hydrogen-bond acceptors (Lipinski definition) is 3. The van der Waals surface area contributed by atoms with E-state index in [-0.39, 0.29) is 18.2 Å². The second-order valence-corrected chi connectivity index (χ2v) is 4.65. The first kappa shape index (κ1) is 15.3. The fourth-order valence-corrected chi connectivity index (χ4v) is 2.02. The summed E-state index contributed by atoms with van der Waals surface area (Å²) in [6.07, 6.45) is 0. The average molecular weight is 289 g/mol. The van der Waals surface area contributed by atoms with Crippen molar-refractivity contribution in [1.29, 1.82) is 0 Å². The molecule has 0 fully saturated rings. The predicted molar refractivity (Wildman–Crippen MR) is 81.1 cm³/mol. The van der Waals surface area contributed by atoms with Gasteiger partial charge in [-0.05, 0) is 30.3 Å². The molecular formula is C17H20FNO2. The number of benzene rings is 2. The first-order chi connectivity index (χ1) is 10.2. The number of ether oxygens (including phenoxy) is 2. The first-order valence-electron chi connectivity index (χ1n) is 6.98. The Bertz CT molecular complexity index is 587. The Kier molecular flexibility index (Phi) is 5.58. The molecule has 0 aliphatic carbocycles. The number of hydrogen-bond donors (Lipinski definition) is 1. The van der Waals surface area contributed by atoms with Gasteiger partial charge in [-0.2, -0.15) is 0 Å². The van der Waals surface area contributed by atoms with E-state index in [9.17, 15) is 4.39 Å². The smallest absolute Gasteiger partial charge is 0.165 e. The van der Waals surface area contributed by atoms with E-state index < -0.39 is 0 Å². The molecular weight excluding hydrogens is 269 g/mol. The van der Waals surface area contributed by atoms with Gasteiger partial charge in [0.25, 0.3) is 0 Å². The van der Waals surface area contributed by atoms with Gasteiger partial charge >= 0.3 is 0 Å². The molecule has 2 aromatic rings. The van der Waals surface area contributed by atoms with Gasteiger partial charge in [0.15, 0.2) is 11.6 Å². The van der Waals surface area contributed by atoms with Crippen molar-refractivity contribution in [3.63, 3.8) is 0 Å². The monoisotopic (exact) mass is 289 g/mol. The first-order valence-corrected chi connectivity index (χ1v) is 6.98. The molecule has 2 rings (SSSR count). The van der Waals surface area contributed by atoms with Crippen LogP contribution in [-0.4, -0.2) is 13.7 Å². The molecule has 0 aromatic heterocycles. The molecule has 112 valence electrons. The molecule has 0 heterocycles. The highest BCUT2D eigenvalue weighted by Gasteiger charge is 2.07. The van der Waals surface area contributed by atoms with E-state index in [4.69, 9.17) is 9.47 Å². The van der Waals surface area contributed by atoms with E-state index in [2.05, 4.69) is 5.32 Å². The normalized spacial score (nSPS) is 10.4. The number of nitrogens with one attached hydrogen (secondary N) is 1. The van der Waals surface area contributed by atoms with Crippen LogP contribution in [-0.2, 0) is 13.2 Å². The summed E-state index contributed by atoms with van der Waals surface area (Å²) in [7, 11) is 1.61. The van der Waals surface area contributed by atoms with Crippen LogP contribution in [0.2, 0.25) is 0 Å². The van der Waals surface area contributed by atoms with Gasteiger partial charge < -0.3 is 14.8 Å². The van der Waals surface area contributed by atoms with Gasteiger partial charge in [0.05, 0.1) is 7.11 Å². The van der Waals surface area contributed by atoms with Crippen LogP contribution in [0.4, 0.5) is 4.39 Å². The van der Waals surface area contributed by atoms with E-state index in [1.165, 1.54) is 6.07 Å². The van der Waals surface area contributed by atoms with Crippen molar-refractivity contribution in [3.8, 4) is 11.5 Å². The van der Waals surface area contributed by atoms with Crippen molar-refractivity contribution in [3.05, 3.63) is 59.4 Å². The van der Waals surface area contributed by atoms with Crippen molar-refractivity contribution in [2.45, 2.75) is 20.1 Å². The zero-order chi connectivity index (χ0) is 15.1. The van der Waals surface area contributed by atoms with Crippen LogP contribution in [0.15, 0.2) is 42.5 Å². The molecule has 3 nitrogen and oxygen atoms in total. The van der Waals surface area contributed by atoms with Gasteiger partial charge in [0.1, 0.15) is 12.4 Å². The molecule has 0 saturated heterocycles. The van der Waals surface area contributed by atoms with Crippen molar-refractivity contribution in [2.75, 3.05) is 13.7 Å². The molecule has 4 heteroatoms. The van der Waals surface area contributed by atoms with E-state index in [1.54, 1.807) is 13.2 Å². The van der Waals surface area contributed by atoms with E-state index in [0.29, 0.717) is 6.54 Å². The summed E-state index contributed by atoms with van der Waals surface area (Å²) >= 11 is 0. The fourth-order valence-electron chi connectivity index (χ4n) is 2.02. The molecule has 21 heavy (non-hydrogen) atoms. The van der Waals surface area contributed by atoms with Crippen LogP contribution in [0.1, 0.15) is 18.1 Å². The van der Waals surface area contributed by atoms with Gasteiger partial charge in [-0.25, -0.2) is 4.39 Å². The minimum absolute atomic E-state index is 0.251. The third kappa shape index (κ3) is 4.20. The maximum atomic E-state index is 14.0. The highest BCUT2D eigenvalue weighted by molar-refractivity contribution is 5.34. The van der Waals surface area contributed by atoms with Crippen LogP contribution >= 0.6 is 0 Å². The lowest BCUT2D eigenvalue weighted by Gasteiger charge is -2.11. The Balaban J connectivity index is 2.03. The van der Waals surface area contributed by atoms with Crippen molar-refractivity contribution < 1.29 is 13.9 Å². The summed E-state index contributed by atoms with van der Waals surface area (Å²) in [5.74, 6) is 0.642. The van der Waals surface area contributed by atoms with Gasteiger partial charge in [0.2, 0.25) is 0 Å². The number of para-hydroxylation sites is 1. The summed E-state index contributed by atoms with van der Waals surface area (Å²) in [6.45, 7) is 3.79. The summed E-state index contributed by atoms with van der Waals surface area (Å²) < 4.78 is 24.8. The Hall–Kier alpha value is -2.07. The Morgan fingerprint density at radius 3 is 2.62 bits per heavy atom. The lowest BCUT2D eigenvalue weighted by molar-refractivity contribution is 0.282. The van der Waals surface area contributed by atoms with Crippen LogP contribution in [0, 0.1) is 5.82 Å². The van der Waals surface area contributed by atoms with Crippen molar-refractivity contribution in [1.82, 2.24) is 5.32 Å². The van der Waals surface area contributed by atoms with Gasteiger partial charge in [-0.1, -0.05) is 31.2 Å². The molecule has 0 spiro atoms. The Morgan fingerprint density at radius 2 is 1.90 bits per heavy atom. The summed E-state index contributed by atoms with van der Waals surface area (Å²) in [5, 5.41) is 3.16. The highest BCUT2D eigenvalue weighted by atomic mass is 19.1. The lowest BCUT2D eigenvalue weighted by Crippen LogP contribution is -2.11. The fraction of sp³-hybridized carbons (Fsp3) is 0.294. The number of rotatable bonds is 7.